The molecule has 9 nitrogen and oxygen atoms in total. The van der Waals surface area contributed by atoms with E-state index in [0.717, 1.165) is 25.7 Å². The first-order chi connectivity index (χ1) is 11.9. The van der Waals surface area contributed by atoms with Crippen molar-refractivity contribution in [3.63, 3.8) is 0 Å². The zero-order valence-corrected chi connectivity index (χ0v) is 14.0. The number of rotatable bonds is 5. The Morgan fingerprint density at radius 2 is 1.80 bits per heavy atom. The highest BCUT2D eigenvalue weighted by Gasteiger charge is 2.34. The first-order valence-electron chi connectivity index (χ1n) is 8.57. The average Bonchev–Trinajstić information content (AvgIpc) is 2.57. The summed E-state index contributed by atoms with van der Waals surface area (Å²) in [6, 6.07) is -1.25. The van der Waals surface area contributed by atoms with Gasteiger partial charge >= 0.3 is 6.03 Å². The summed E-state index contributed by atoms with van der Waals surface area (Å²) < 4.78 is 0. The van der Waals surface area contributed by atoms with Crippen molar-refractivity contribution < 1.29 is 24.6 Å². The number of carbonyl (C=O) groups is 3. The Balaban J connectivity index is 1.95. The molecule has 0 bridgehead atoms. The van der Waals surface area contributed by atoms with Gasteiger partial charge in [-0.15, -0.1) is 0 Å². The van der Waals surface area contributed by atoms with Crippen LogP contribution in [0.4, 0.5) is 4.79 Å². The molecular weight excluding hydrogens is 328 g/mol. The van der Waals surface area contributed by atoms with Crippen LogP contribution in [-0.4, -0.2) is 58.9 Å². The van der Waals surface area contributed by atoms with Crippen LogP contribution in [0.5, 0.6) is 0 Å². The molecule has 1 saturated carbocycles. The normalized spacial score (nSPS) is 27.1. The van der Waals surface area contributed by atoms with Gasteiger partial charge in [0.2, 0.25) is 11.8 Å². The van der Waals surface area contributed by atoms with E-state index >= 15 is 0 Å². The van der Waals surface area contributed by atoms with E-state index in [4.69, 9.17) is 5.73 Å². The number of amides is 4. The Hall–Kier alpha value is -2.13. The molecule has 25 heavy (non-hydrogen) atoms. The summed E-state index contributed by atoms with van der Waals surface area (Å²) in [6.45, 7) is -0.324. The molecule has 2 rings (SSSR count). The molecule has 140 valence electrons. The predicted molar refractivity (Wildman–Crippen MR) is 89.2 cm³/mol. The Morgan fingerprint density at radius 3 is 2.44 bits per heavy atom. The zero-order chi connectivity index (χ0) is 18.4. The van der Waals surface area contributed by atoms with E-state index in [-0.39, 0.29) is 24.6 Å². The van der Waals surface area contributed by atoms with Crippen molar-refractivity contribution in [2.45, 2.75) is 62.8 Å². The third kappa shape index (κ3) is 5.71. The number of primary amides is 1. The van der Waals surface area contributed by atoms with Crippen LogP contribution in [0.1, 0.15) is 38.5 Å². The van der Waals surface area contributed by atoms with Gasteiger partial charge in [0, 0.05) is 18.0 Å². The van der Waals surface area contributed by atoms with Gasteiger partial charge in [0.15, 0.2) is 0 Å². The molecular formula is C16H26N4O5. The molecule has 0 aromatic heterocycles. The van der Waals surface area contributed by atoms with Crippen molar-refractivity contribution in [1.82, 2.24) is 16.0 Å². The maximum Gasteiger partial charge on any atom is 0.315 e. The summed E-state index contributed by atoms with van der Waals surface area (Å²) in [6.07, 6.45) is 4.05. The van der Waals surface area contributed by atoms with E-state index in [1.54, 1.807) is 0 Å². The highest BCUT2D eigenvalue weighted by molar-refractivity contribution is 5.96. The second-order valence-corrected chi connectivity index (χ2v) is 6.58. The number of nitrogens with one attached hydrogen (secondary N) is 3. The van der Waals surface area contributed by atoms with Crippen LogP contribution in [0.25, 0.3) is 0 Å². The molecule has 2 aliphatic rings. The quantitative estimate of drug-likeness (QED) is 0.360. The second-order valence-electron chi connectivity index (χ2n) is 6.58. The Bertz CT molecular complexity index is 545. The third-order valence-electron chi connectivity index (χ3n) is 4.52. The van der Waals surface area contributed by atoms with Crippen molar-refractivity contribution >= 4 is 17.8 Å². The number of hydrogen-bond acceptors (Lipinski definition) is 5. The van der Waals surface area contributed by atoms with E-state index in [9.17, 15) is 24.6 Å². The summed E-state index contributed by atoms with van der Waals surface area (Å²) in [5, 5.41) is 27.8. The standard InChI is InChI=1S/C16H26N4O5/c17-13(22)8-18-15(24)9-6-11(14(23)12(21)7-9)20-16(25)19-10-4-2-1-3-5-10/h6,10-12,14,21,23H,1-5,7-8H2,(H2,17,22)(H,18,24)(H2,19,20,25)/t11-,12-,14-/m1/s1. The minimum absolute atomic E-state index is 0.0752. The van der Waals surface area contributed by atoms with Crippen LogP contribution in [0.2, 0.25) is 0 Å². The van der Waals surface area contributed by atoms with Crippen LogP contribution in [-0.2, 0) is 9.59 Å². The lowest BCUT2D eigenvalue weighted by Crippen LogP contribution is -2.54. The van der Waals surface area contributed by atoms with Crippen LogP contribution >= 0.6 is 0 Å². The molecule has 0 unspecified atom stereocenters. The fraction of sp³-hybridized carbons (Fsp3) is 0.688. The second kappa shape index (κ2) is 8.82. The summed E-state index contributed by atoms with van der Waals surface area (Å²) in [4.78, 5) is 34.8. The van der Waals surface area contributed by atoms with Gasteiger partial charge in [0.1, 0.15) is 6.10 Å². The van der Waals surface area contributed by atoms with Crippen molar-refractivity contribution in [2.75, 3.05) is 6.54 Å². The maximum absolute atomic E-state index is 12.1. The van der Waals surface area contributed by atoms with Crippen LogP contribution < -0.4 is 21.7 Å². The first-order valence-corrected chi connectivity index (χ1v) is 8.57. The minimum atomic E-state index is -1.22. The molecule has 7 N–H and O–H groups in total. The highest BCUT2D eigenvalue weighted by Crippen LogP contribution is 2.20. The molecule has 0 spiro atoms. The van der Waals surface area contributed by atoms with Gasteiger partial charge in [0.05, 0.1) is 18.7 Å². The van der Waals surface area contributed by atoms with E-state index in [2.05, 4.69) is 16.0 Å². The Kier molecular flexibility index (Phi) is 6.77. The Labute approximate surface area is 146 Å². The number of urea groups is 1. The monoisotopic (exact) mass is 354 g/mol. The molecule has 0 aromatic carbocycles. The molecule has 4 amide bonds. The van der Waals surface area contributed by atoms with Gasteiger partial charge in [0.25, 0.3) is 0 Å². The number of nitrogens with two attached hydrogens (primary N) is 1. The minimum Gasteiger partial charge on any atom is -0.390 e. The molecule has 0 aromatic rings. The van der Waals surface area contributed by atoms with Crippen molar-refractivity contribution in [1.29, 1.82) is 0 Å². The number of aliphatic hydroxyl groups excluding tert-OH is 2. The lowest BCUT2D eigenvalue weighted by atomic mass is 9.90. The molecule has 2 aliphatic carbocycles. The number of hydrogen-bond donors (Lipinski definition) is 6. The van der Waals surface area contributed by atoms with E-state index in [1.165, 1.54) is 12.5 Å². The predicted octanol–water partition coefficient (Wildman–Crippen LogP) is -1.36. The van der Waals surface area contributed by atoms with Crippen LogP contribution in [0.15, 0.2) is 11.6 Å². The topological polar surface area (TPSA) is 154 Å². The number of aliphatic hydroxyl groups is 2. The third-order valence-corrected chi connectivity index (χ3v) is 4.52. The molecule has 0 radical (unpaired) electrons. The lowest BCUT2D eigenvalue weighted by molar-refractivity contribution is -0.123. The summed E-state index contributed by atoms with van der Waals surface area (Å²) in [5.41, 5.74) is 5.16. The summed E-state index contributed by atoms with van der Waals surface area (Å²) in [5.74, 6) is -1.25. The molecule has 0 heterocycles. The van der Waals surface area contributed by atoms with E-state index < -0.39 is 36.1 Å². The van der Waals surface area contributed by atoms with E-state index in [1.807, 2.05) is 0 Å². The smallest absolute Gasteiger partial charge is 0.315 e. The van der Waals surface area contributed by atoms with Crippen LogP contribution in [0, 0.1) is 0 Å². The van der Waals surface area contributed by atoms with Crippen molar-refractivity contribution in [3.05, 3.63) is 11.6 Å². The van der Waals surface area contributed by atoms with Crippen molar-refractivity contribution in [3.8, 4) is 0 Å². The summed E-state index contributed by atoms with van der Waals surface area (Å²) >= 11 is 0. The average molecular weight is 354 g/mol. The molecule has 1 fully saturated rings. The fourth-order valence-electron chi connectivity index (χ4n) is 3.17. The van der Waals surface area contributed by atoms with E-state index in [0.29, 0.717) is 0 Å². The van der Waals surface area contributed by atoms with Gasteiger partial charge in [-0.1, -0.05) is 25.3 Å². The van der Waals surface area contributed by atoms with Crippen molar-refractivity contribution in [2.24, 2.45) is 5.73 Å². The SMILES string of the molecule is NC(=O)CNC(=O)C1=C[C@@H](NC(=O)NC2CCCCC2)[C@@H](O)[C@H](O)C1. The number of carbonyl (C=O) groups excluding carboxylic acids is 3. The van der Waals surface area contributed by atoms with Crippen LogP contribution in [0.3, 0.4) is 0 Å². The molecule has 0 saturated heterocycles. The molecule has 0 aliphatic heterocycles. The summed E-state index contributed by atoms with van der Waals surface area (Å²) in [7, 11) is 0. The fourth-order valence-corrected chi connectivity index (χ4v) is 3.17. The Morgan fingerprint density at radius 1 is 1.12 bits per heavy atom. The van der Waals surface area contributed by atoms with Gasteiger partial charge in [-0.05, 0) is 12.8 Å². The lowest BCUT2D eigenvalue weighted by Gasteiger charge is -2.32. The zero-order valence-electron chi connectivity index (χ0n) is 14.0. The van der Waals surface area contributed by atoms with Gasteiger partial charge in [-0.3, -0.25) is 9.59 Å². The van der Waals surface area contributed by atoms with Gasteiger partial charge in [-0.25, -0.2) is 4.79 Å². The first kappa shape index (κ1) is 19.2. The maximum atomic E-state index is 12.1. The highest BCUT2D eigenvalue weighted by atomic mass is 16.3. The molecule has 9 heteroatoms. The van der Waals surface area contributed by atoms with Gasteiger partial charge < -0.3 is 31.9 Å². The van der Waals surface area contributed by atoms with Gasteiger partial charge in [-0.2, -0.15) is 0 Å². The largest absolute Gasteiger partial charge is 0.390 e. The molecule has 3 atom stereocenters.